The number of methoxy groups -OCH3 is 1. The van der Waals surface area contributed by atoms with Gasteiger partial charge in [-0.15, -0.1) is 0 Å². The molecule has 7 nitrogen and oxygen atoms in total. The van der Waals surface area contributed by atoms with Gasteiger partial charge in [-0.25, -0.2) is 4.79 Å². The highest BCUT2D eigenvalue weighted by Crippen LogP contribution is 2.17. The number of piperidine rings is 1. The van der Waals surface area contributed by atoms with E-state index in [0.717, 1.165) is 5.56 Å². The number of likely N-dealkylation sites (tertiary alicyclic amines) is 1. The molecule has 0 radical (unpaired) electrons. The van der Waals surface area contributed by atoms with Crippen LogP contribution in [0.3, 0.4) is 0 Å². The van der Waals surface area contributed by atoms with E-state index in [-0.39, 0.29) is 24.3 Å². The maximum Gasteiger partial charge on any atom is 0.321 e. The second-order valence-electron chi connectivity index (χ2n) is 5.79. The third-order valence-corrected chi connectivity index (χ3v) is 4.04. The van der Waals surface area contributed by atoms with Crippen LogP contribution in [-0.4, -0.2) is 49.6 Å². The van der Waals surface area contributed by atoms with Crippen molar-refractivity contribution in [2.75, 3.05) is 26.7 Å². The SMILES string of the molecule is COC(=O)C1CCN(CC(=O)NC(=O)NCc2ccccc2)CC1. The van der Waals surface area contributed by atoms with Crippen LogP contribution in [0.1, 0.15) is 18.4 Å². The highest BCUT2D eigenvalue weighted by atomic mass is 16.5. The van der Waals surface area contributed by atoms with Crippen LogP contribution < -0.4 is 10.6 Å². The lowest BCUT2D eigenvalue weighted by molar-refractivity contribution is -0.147. The largest absolute Gasteiger partial charge is 0.469 e. The van der Waals surface area contributed by atoms with Gasteiger partial charge in [0.1, 0.15) is 0 Å². The van der Waals surface area contributed by atoms with Crippen LogP contribution in [-0.2, 0) is 20.9 Å². The molecule has 130 valence electrons. The van der Waals surface area contributed by atoms with E-state index >= 15 is 0 Å². The minimum atomic E-state index is -0.506. The Hall–Kier alpha value is -2.41. The van der Waals surface area contributed by atoms with Crippen LogP contribution in [0.15, 0.2) is 30.3 Å². The van der Waals surface area contributed by atoms with Crippen LogP contribution in [0, 0.1) is 5.92 Å². The molecule has 7 heteroatoms. The fraction of sp³-hybridized carbons (Fsp3) is 0.471. The van der Waals surface area contributed by atoms with Crippen molar-refractivity contribution in [3.05, 3.63) is 35.9 Å². The predicted molar refractivity (Wildman–Crippen MR) is 88.0 cm³/mol. The Balaban J connectivity index is 1.66. The Morgan fingerprint density at radius 2 is 1.83 bits per heavy atom. The number of nitrogens with zero attached hydrogens (tertiary/aromatic N) is 1. The van der Waals surface area contributed by atoms with Gasteiger partial charge in [0.15, 0.2) is 0 Å². The van der Waals surface area contributed by atoms with Crippen molar-refractivity contribution in [2.45, 2.75) is 19.4 Å². The van der Waals surface area contributed by atoms with Gasteiger partial charge in [0.05, 0.1) is 19.6 Å². The lowest BCUT2D eigenvalue weighted by Crippen LogP contribution is -2.46. The van der Waals surface area contributed by atoms with Crippen molar-refractivity contribution < 1.29 is 19.1 Å². The molecule has 0 spiro atoms. The summed E-state index contributed by atoms with van der Waals surface area (Å²) in [7, 11) is 1.39. The number of esters is 1. The van der Waals surface area contributed by atoms with Crippen molar-refractivity contribution in [1.82, 2.24) is 15.5 Å². The van der Waals surface area contributed by atoms with Crippen LogP contribution in [0.5, 0.6) is 0 Å². The summed E-state index contributed by atoms with van der Waals surface area (Å²) in [5.74, 6) is -0.639. The molecule has 1 aromatic rings. The van der Waals surface area contributed by atoms with Crippen molar-refractivity contribution in [1.29, 1.82) is 0 Å². The van der Waals surface area contributed by atoms with Gasteiger partial charge in [0.25, 0.3) is 0 Å². The lowest BCUT2D eigenvalue weighted by atomic mass is 9.97. The molecule has 0 unspecified atom stereocenters. The minimum Gasteiger partial charge on any atom is -0.469 e. The van der Waals surface area contributed by atoms with E-state index in [9.17, 15) is 14.4 Å². The van der Waals surface area contributed by atoms with E-state index in [4.69, 9.17) is 4.74 Å². The van der Waals surface area contributed by atoms with Crippen LogP contribution >= 0.6 is 0 Å². The average Bonchev–Trinajstić information content (AvgIpc) is 2.60. The van der Waals surface area contributed by atoms with Crippen LogP contribution in [0.2, 0.25) is 0 Å². The van der Waals surface area contributed by atoms with Crippen molar-refractivity contribution in [3.63, 3.8) is 0 Å². The Labute approximate surface area is 141 Å². The zero-order valence-electron chi connectivity index (χ0n) is 13.8. The van der Waals surface area contributed by atoms with Gasteiger partial charge in [-0.3, -0.25) is 19.8 Å². The summed E-state index contributed by atoms with van der Waals surface area (Å²) < 4.78 is 4.73. The number of nitrogens with one attached hydrogen (secondary N) is 2. The van der Waals surface area contributed by atoms with E-state index in [2.05, 4.69) is 10.6 Å². The molecule has 1 saturated heterocycles. The van der Waals surface area contributed by atoms with E-state index in [0.29, 0.717) is 32.5 Å². The van der Waals surface area contributed by atoms with E-state index in [1.54, 1.807) is 0 Å². The molecule has 1 aromatic carbocycles. The molecule has 2 N–H and O–H groups in total. The third-order valence-electron chi connectivity index (χ3n) is 4.04. The molecular weight excluding hydrogens is 310 g/mol. The van der Waals surface area contributed by atoms with E-state index in [1.165, 1.54) is 7.11 Å². The molecule has 1 aliphatic rings. The second-order valence-corrected chi connectivity index (χ2v) is 5.79. The molecular formula is C17H23N3O4. The smallest absolute Gasteiger partial charge is 0.321 e. The van der Waals surface area contributed by atoms with Gasteiger partial charge >= 0.3 is 12.0 Å². The molecule has 0 atom stereocenters. The Kier molecular flexibility index (Phi) is 6.74. The van der Waals surface area contributed by atoms with Crippen molar-refractivity contribution >= 4 is 17.9 Å². The van der Waals surface area contributed by atoms with E-state index in [1.807, 2.05) is 35.2 Å². The fourth-order valence-electron chi connectivity index (χ4n) is 2.69. The van der Waals surface area contributed by atoms with Gasteiger partial charge in [-0.2, -0.15) is 0 Å². The van der Waals surface area contributed by atoms with Crippen molar-refractivity contribution in [2.24, 2.45) is 5.92 Å². The normalized spacial score (nSPS) is 15.5. The summed E-state index contributed by atoms with van der Waals surface area (Å²) in [5, 5.41) is 4.97. The van der Waals surface area contributed by atoms with Gasteiger partial charge in [0, 0.05) is 6.54 Å². The molecule has 24 heavy (non-hydrogen) atoms. The first-order valence-corrected chi connectivity index (χ1v) is 8.00. The Bertz CT molecular complexity index is 568. The predicted octanol–water partition coefficient (Wildman–Crippen LogP) is 0.897. The number of carbonyl (C=O) groups is 3. The van der Waals surface area contributed by atoms with Gasteiger partial charge in [-0.1, -0.05) is 30.3 Å². The lowest BCUT2D eigenvalue weighted by Gasteiger charge is -2.29. The number of rotatable bonds is 5. The highest BCUT2D eigenvalue weighted by molar-refractivity contribution is 5.95. The number of carbonyl (C=O) groups excluding carboxylic acids is 3. The first kappa shape index (κ1) is 17.9. The summed E-state index contributed by atoms with van der Waals surface area (Å²) in [4.78, 5) is 37.0. The van der Waals surface area contributed by atoms with Crippen LogP contribution in [0.4, 0.5) is 4.79 Å². The zero-order chi connectivity index (χ0) is 17.4. The maximum atomic E-state index is 11.9. The molecule has 0 aromatic heterocycles. The number of amides is 3. The molecule has 1 fully saturated rings. The summed E-state index contributed by atoms with van der Waals surface area (Å²) in [6.45, 7) is 1.79. The number of hydrogen-bond acceptors (Lipinski definition) is 5. The monoisotopic (exact) mass is 333 g/mol. The molecule has 3 amide bonds. The zero-order valence-corrected chi connectivity index (χ0v) is 13.8. The van der Waals surface area contributed by atoms with Gasteiger partial charge in [0.2, 0.25) is 5.91 Å². The molecule has 0 aliphatic carbocycles. The first-order valence-electron chi connectivity index (χ1n) is 8.00. The number of imide groups is 1. The average molecular weight is 333 g/mol. The minimum absolute atomic E-state index is 0.0940. The number of hydrogen-bond donors (Lipinski definition) is 2. The third kappa shape index (κ3) is 5.66. The molecule has 1 aliphatic heterocycles. The standard InChI is InChI=1S/C17H23N3O4/c1-24-16(22)14-7-9-20(10-8-14)12-15(21)19-17(23)18-11-13-5-3-2-4-6-13/h2-6,14H,7-12H2,1H3,(H2,18,19,21,23). The van der Waals surface area contributed by atoms with Gasteiger partial charge < -0.3 is 10.1 Å². The summed E-state index contributed by atoms with van der Waals surface area (Å²) in [6.07, 6.45) is 1.33. The molecule has 1 heterocycles. The highest BCUT2D eigenvalue weighted by Gasteiger charge is 2.26. The fourth-order valence-corrected chi connectivity index (χ4v) is 2.69. The van der Waals surface area contributed by atoms with E-state index < -0.39 is 6.03 Å². The molecule has 0 bridgehead atoms. The first-order chi connectivity index (χ1) is 11.6. The number of benzene rings is 1. The number of ether oxygens (including phenoxy) is 1. The quantitative estimate of drug-likeness (QED) is 0.782. The second kappa shape index (κ2) is 9.02. The maximum absolute atomic E-state index is 11.9. The molecule has 0 saturated carbocycles. The topological polar surface area (TPSA) is 87.7 Å². The Morgan fingerprint density at radius 3 is 2.46 bits per heavy atom. The van der Waals surface area contributed by atoms with Crippen molar-refractivity contribution in [3.8, 4) is 0 Å². The summed E-state index contributed by atoms with van der Waals surface area (Å²) >= 11 is 0. The summed E-state index contributed by atoms with van der Waals surface area (Å²) in [5.41, 5.74) is 0.963. The molecule has 2 rings (SSSR count). The van der Waals surface area contributed by atoms with Crippen LogP contribution in [0.25, 0.3) is 0 Å². The number of urea groups is 1. The van der Waals surface area contributed by atoms with Gasteiger partial charge in [-0.05, 0) is 31.5 Å². The Morgan fingerprint density at radius 1 is 1.17 bits per heavy atom. The summed E-state index contributed by atoms with van der Waals surface area (Å²) in [6, 6.07) is 8.96.